The minimum atomic E-state index is -0.651. The number of amides is 2. The first kappa shape index (κ1) is 20.6. The van der Waals surface area contributed by atoms with Crippen molar-refractivity contribution >= 4 is 23.4 Å². The van der Waals surface area contributed by atoms with E-state index in [0.29, 0.717) is 42.5 Å². The number of carbonyl (C=O) groups is 2. The summed E-state index contributed by atoms with van der Waals surface area (Å²) in [4.78, 5) is 23.7. The molecule has 0 aliphatic rings. The number of rotatable bonds is 8. The van der Waals surface area contributed by atoms with Gasteiger partial charge in [0.05, 0.1) is 14.2 Å². The van der Waals surface area contributed by atoms with Gasteiger partial charge in [-0.15, -0.1) is 0 Å². The first-order valence-electron chi connectivity index (χ1n) is 8.55. The summed E-state index contributed by atoms with van der Waals surface area (Å²) >= 11 is 5.91. The van der Waals surface area contributed by atoms with Gasteiger partial charge in [-0.25, -0.2) is 0 Å². The van der Waals surface area contributed by atoms with Crippen molar-refractivity contribution in [3.05, 3.63) is 58.6 Å². The Bertz CT molecular complexity index is 795. The van der Waals surface area contributed by atoms with Crippen molar-refractivity contribution in [3.63, 3.8) is 0 Å². The summed E-state index contributed by atoms with van der Waals surface area (Å²) in [6.07, 6.45) is 1.17. The molecule has 2 rings (SSSR count). The minimum absolute atomic E-state index is 0.343. The first-order valence-corrected chi connectivity index (χ1v) is 8.92. The Labute approximate surface area is 163 Å². The molecule has 0 radical (unpaired) electrons. The predicted octanol–water partition coefficient (Wildman–Crippen LogP) is 2.37. The lowest BCUT2D eigenvalue weighted by Crippen LogP contribution is -2.41. The third kappa shape index (κ3) is 6.49. The summed E-state index contributed by atoms with van der Waals surface area (Å²) in [5, 5.41) is 5.86. The number of carbonyl (C=O) groups excluding carboxylic acids is 2. The number of methoxy groups -OCH3 is 2. The Hall–Kier alpha value is -2.73. The van der Waals surface area contributed by atoms with Crippen LogP contribution in [-0.2, 0) is 22.4 Å². The number of benzene rings is 2. The van der Waals surface area contributed by atoms with E-state index in [-0.39, 0.29) is 0 Å². The molecule has 2 aromatic carbocycles. The zero-order chi connectivity index (χ0) is 19.6. The van der Waals surface area contributed by atoms with E-state index in [2.05, 4.69) is 10.6 Å². The first-order chi connectivity index (χ1) is 13.0. The molecule has 0 aromatic heterocycles. The molecule has 0 atom stereocenters. The average Bonchev–Trinajstić information content (AvgIpc) is 2.67. The maximum absolute atomic E-state index is 11.9. The van der Waals surface area contributed by atoms with E-state index in [4.69, 9.17) is 21.1 Å². The fraction of sp³-hybridized carbons (Fsp3) is 0.300. The van der Waals surface area contributed by atoms with E-state index in [1.165, 1.54) is 0 Å². The van der Waals surface area contributed by atoms with Crippen molar-refractivity contribution in [2.24, 2.45) is 0 Å². The van der Waals surface area contributed by atoms with Crippen molar-refractivity contribution in [2.45, 2.75) is 12.8 Å². The van der Waals surface area contributed by atoms with Crippen molar-refractivity contribution in [2.75, 3.05) is 27.3 Å². The molecule has 0 spiro atoms. The largest absolute Gasteiger partial charge is 0.493 e. The van der Waals surface area contributed by atoms with Gasteiger partial charge in [0.25, 0.3) is 0 Å². The molecule has 27 heavy (non-hydrogen) atoms. The standard InChI is InChI=1S/C20H23ClN2O4/c1-26-17-7-6-15(13-18(17)27-2)9-11-23-20(25)19(24)22-10-8-14-4-3-5-16(21)12-14/h3-7,12-13H,8-11H2,1-2H3,(H,22,24)(H,23,25). The average molecular weight is 391 g/mol. The molecule has 0 saturated carbocycles. The van der Waals surface area contributed by atoms with Gasteiger partial charge < -0.3 is 20.1 Å². The maximum Gasteiger partial charge on any atom is 0.309 e. The van der Waals surface area contributed by atoms with Gasteiger partial charge in [0, 0.05) is 18.1 Å². The molecule has 0 bridgehead atoms. The van der Waals surface area contributed by atoms with Crippen molar-refractivity contribution in [3.8, 4) is 11.5 Å². The van der Waals surface area contributed by atoms with Gasteiger partial charge in [-0.2, -0.15) is 0 Å². The van der Waals surface area contributed by atoms with Crippen LogP contribution < -0.4 is 20.1 Å². The monoisotopic (exact) mass is 390 g/mol. The van der Waals surface area contributed by atoms with Crippen LogP contribution >= 0.6 is 11.6 Å². The SMILES string of the molecule is COc1ccc(CCNC(=O)C(=O)NCCc2cccc(Cl)c2)cc1OC. The summed E-state index contributed by atoms with van der Waals surface area (Å²) in [7, 11) is 3.14. The van der Waals surface area contributed by atoms with Gasteiger partial charge >= 0.3 is 11.8 Å². The Morgan fingerprint density at radius 3 is 2.00 bits per heavy atom. The van der Waals surface area contributed by atoms with E-state index in [0.717, 1.165) is 11.1 Å². The normalized spacial score (nSPS) is 10.2. The van der Waals surface area contributed by atoms with Crippen LogP contribution in [-0.4, -0.2) is 39.1 Å². The van der Waals surface area contributed by atoms with Crippen LogP contribution in [0.4, 0.5) is 0 Å². The quantitative estimate of drug-likeness (QED) is 0.678. The fourth-order valence-electron chi connectivity index (χ4n) is 2.53. The highest BCUT2D eigenvalue weighted by molar-refractivity contribution is 6.35. The Morgan fingerprint density at radius 1 is 0.852 bits per heavy atom. The summed E-state index contributed by atoms with van der Waals surface area (Å²) < 4.78 is 10.4. The minimum Gasteiger partial charge on any atom is -0.493 e. The molecular weight excluding hydrogens is 368 g/mol. The number of hydrogen-bond donors (Lipinski definition) is 2. The van der Waals surface area contributed by atoms with Crippen LogP contribution in [0, 0.1) is 0 Å². The predicted molar refractivity (Wildman–Crippen MR) is 104 cm³/mol. The van der Waals surface area contributed by atoms with Crippen LogP contribution in [0.3, 0.4) is 0 Å². The highest BCUT2D eigenvalue weighted by atomic mass is 35.5. The summed E-state index contributed by atoms with van der Waals surface area (Å²) in [6, 6.07) is 12.9. The highest BCUT2D eigenvalue weighted by Crippen LogP contribution is 2.27. The molecule has 7 heteroatoms. The van der Waals surface area contributed by atoms with Gasteiger partial charge in [0.2, 0.25) is 0 Å². The second kappa shape index (κ2) is 10.4. The third-order valence-electron chi connectivity index (χ3n) is 3.94. The van der Waals surface area contributed by atoms with Gasteiger partial charge in [-0.1, -0.05) is 29.8 Å². The molecule has 0 heterocycles. The molecule has 144 valence electrons. The van der Waals surface area contributed by atoms with Crippen molar-refractivity contribution in [1.82, 2.24) is 10.6 Å². The third-order valence-corrected chi connectivity index (χ3v) is 4.18. The molecule has 0 aliphatic carbocycles. The molecule has 0 unspecified atom stereocenters. The van der Waals surface area contributed by atoms with Gasteiger partial charge in [0.15, 0.2) is 11.5 Å². The molecule has 2 N–H and O–H groups in total. The van der Waals surface area contributed by atoms with E-state index in [9.17, 15) is 9.59 Å². The zero-order valence-corrected chi connectivity index (χ0v) is 16.1. The van der Waals surface area contributed by atoms with E-state index >= 15 is 0 Å². The number of hydrogen-bond acceptors (Lipinski definition) is 4. The summed E-state index contributed by atoms with van der Waals surface area (Å²) in [6.45, 7) is 0.707. The molecule has 2 aromatic rings. The van der Waals surface area contributed by atoms with E-state index in [1.807, 2.05) is 30.3 Å². The molecule has 6 nitrogen and oxygen atoms in total. The summed E-state index contributed by atoms with van der Waals surface area (Å²) in [5.74, 6) is -0.0321. The van der Waals surface area contributed by atoms with Crippen LogP contribution in [0.25, 0.3) is 0 Å². The lowest BCUT2D eigenvalue weighted by atomic mass is 10.1. The number of nitrogens with one attached hydrogen (secondary N) is 2. The lowest BCUT2D eigenvalue weighted by molar-refractivity contribution is -0.139. The van der Waals surface area contributed by atoms with Crippen molar-refractivity contribution in [1.29, 1.82) is 0 Å². The molecule has 2 amide bonds. The van der Waals surface area contributed by atoms with Gasteiger partial charge in [0.1, 0.15) is 0 Å². The molecular formula is C20H23ClN2O4. The smallest absolute Gasteiger partial charge is 0.309 e. The Balaban J connectivity index is 1.72. The number of halogens is 1. The van der Waals surface area contributed by atoms with E-state index < -0.39 is 11.8 Å². The van der Waals surface area contributed by atoms with Gasteiger partial charge in [-0.3, -0.25) is 9.59 Å². The molecule has 0 fully saturated rings. The Morgan fingerprint density at radius 2 is 1.44 bits per heavy atom. The number of ether oxygens (including phenoxy) is 2. The Kier molecular flexibility index (Phi) is 7.95. The van der Waals surface area contributed by atoms with Crippen LogP contribution in [0.1, 0.15) is 11.1 Å². The maximum atomic E-state index is 11.9. The second-order valence-electron chi connectivity index (χ2n) is 5.83. The van der Waals surface area contributed by atoms with Crippen LogP contribution in [0.2, 0.25) is 5.02 Å². The fourth-order valence-corrected chi connectivity index (χ4v) is 2.74. The van der Waals surface area contributed by atoms with Crippen LogP contribution in [0.15, 0.2) is 42.5 Å². The second-order valence-corrected chi connectivity index (χ2v) is 6.27. The highest BCUT2D eigenvalue weighted by Gasteiger charge is 2.12. The zero-order valence-electron chi connectivity index (χ0n) is 15.4. The van der Waals surface area contributed by atoms with Crippen molar-refractivity contribution < 1.29 is 19.1 Å². The molecule has 0 saturated heterocycles. The molecule has 0 aliphatic heterocycles. The summed E-state index contributed by atoms with van der Waals surface area (Å²) in [5.41, 5.74) is 1.96. The van der Waals surface area contributed by atoms with Gasteiger partial charge in [-0.05, 0) is 48.2 Å². The van der Waals surface area contributed by atoms with E-state index in [1.54, 1.807) is 26.4 Å². The topological polar surface area (TPSA) is 76.7 Å². The lowest BCUT2D eigenvalue weighted by Gasteiger charge is -2.10. The van der Waals surface area contributed by atoms with Crippen LogP contribution in [0.5, 0.6) is 11.5 Å².